The summed E-state index contributed by atoms with van der Waals surface area (Å²) in [6.07, 6.45) is 1.41. The molecule has 0 aliphatic carbocycles. The number of hydrogen-bond acceptors (Lipinski definition) is 9. The van der Waals surface area contributed by atoms with E-state index in [-0.39, 0.29) is 12.8 Å². The largest absolute Gasteiger partial charge is 0.445 e. The van der Waals surface area contributed by atoms with Crippen LogP contribution in [0.2, 0.25) is 0 Å². The SMILES string of the molecule is CCCCC(CP(=O)(OC)OC(C)C(=O)OC(=O)[C@@H]1CCCN1)NC(=O)OCc1ccccc1. The van der Waals surface area contributed by atoms with Gasteiger partial charge in [-0.05, 0) is 38.3 Å². The minimum absolute atomic E-state index is 0.0956. The molecule has 11 heteroatoms. The Morgan fingerprint density at radius 1 is 1.24 bits per heavy atom. The van der Waals surface area contributed by atoms with Crippen molar-refractivity contribution >= 4 is 25.6 Å². The standard InChI is InChI=1S/C23H35N2O8P/c1-4-5-12-19(25-23(28)31-15-18-10-7-6-8-11-18)16-34(29,30-3)33-17(2)21(26)32-22(27)20-13-9-14-24-20/h6-8,10-11,17,19-20,24H,4-5,9,12-16H2,1-3H3,(H,25,28)/t17?,19?,20-,34?/m0/s1. The maximum absolute atomic E-state index is 13.2. The molecule has 2 N–H and O–H groups in total. The topological polar surface area (TPSA) is 129 Å². The second-order valence-electron chi connectivity index (χ2n) is 8.16. The van der Waals surface area contributed by atoms with Crippen molar-refractivity contribution in [2.75, 3.05) is 19.8 Å². The van der Waals surface area contributed by atoms with Crippen LogP contribution >= 0.6 is 7.60 Å². The fraction of sp³-hybridized carbons (Fsp3) is 0.609. The highest BCUT2D eigenvalue weighted by Gasteiger charge is 2.35. The lowest BCUT2D eigenvalue weighted by Gasteiger charge is -2.25. The molecule has 1 aliphatic heterocycles. The predicted molar refractivity (Wildman–Crippen MR) is 125 cm³/mol. The van der Waals surface area contributed by atoms with Gasteiger partial charge in [-0.15, -0.1) is 0 Å². The van der Waals surface area contributed by atoms with Gasteiger partial charge in [-0.3, -0.25) is 9.09 Å². The number of carbonyl (C=O) groups is 3. The van der Waals surface area contributed by atoms with Crippen molar-refractivity contribution in [3.63, 3.8) is 0 Å². The average molecular weight is 499 g/mol. The maximum atomic E-state index is 13.2. The number of alkyl carbamates (subject to hydrolysis) is 1. The summed E-state index contributed by atoms with van der Waals surface area (Å²) in [6, 6.07) is 8.13. The van der Waals surface area contributed by atoms with Gasteiger partial charge in [0.2, 0.25) is 0 Å². The Balaban J connectivity index is 1.92. The van der Waals surface area contributed by atoms with E-state index >= 15 is 0 Å². The van der Waals surface area contributed by atoms with Crippen LogP contribution in [0.5, 0.6) is 0 Å². The quantitative estimate of drug-likeness (QED) is 0.238. The van der Waals surface area contributed by atoms with Gasteiger partial charge in [0.15, 0.2) is 6.10 Å². The minimum Gasteiger partial charge on any atom is -0.445 e. The molecule has 1 aromatic carbocycles. The monoisotopic (exact) mass is 498 g/mol. The summed E-state index contributed by atoms with van der Waals surface area (Å²) in [7, 11) is -2.60. The van der Waals surface area contributed by atoms with Crippen molar-refractivity contribution in [1.82, 2.24) is 10.6 Å². The van der Waals surface area contributed by atoms with Crippen molar-refractivity contribution in [3.05, 3.63) is 35.9 Å². The number of unbranched alkanes of at least 4 members (excludes halogenated alkanes) is 1. The highest BCUT2D eigenvalue weighted by molar-refractivity contribution is 7.53. The molecule has 10 nitrogen and oxygen atoms in total. The maximum Gasteiger partial charge on any atom is 0.407 e. The van der Waals surface area contributed by atoms with E-state index in [1.807, 2.05) is 37.3 Å². The fourth-order valence-electron chi connectivity index (χ4n) is 3.44. The zero-order valence-electron chi connectivity index (χ0n) is 20.0. The van der Waals surface area contributed by atoms with Crippen molar-refractivity contribution in [3.8, 4) is 0 Å². The number of benzene rings is 1. The van der Waals surface area contributed by atoms with E-state index in [1.165, 1.54) is 14.0 Å². The Morgan fingerprint density at radius 2 is 1.97 bits per heavy atom. The lowest BCUT2D eigenvalue weighted by Crippen LogP contribution is -2.39. The van der Waals surface area contributed by atoms with Gasteiger partial charge in [-0.1, -0.05) is 50.1 Å². The van der Waals surface area contributed by atoms with Crippen LogP contribution in [-0.2, 0) is 39.3 Å². The first-order valence-corrected chi connectivity index (χ1v) is 13.3. The van der Waals surface area contributed by atoms with E-state index in [1.54, 1.807) is 0 Å². The molecule has 1 aromatic rings. The predicted octanol–water partition coefficient (Wildman–Crippen LogP) is 3.54. The average Bonchev–Trinajstić information content (AvgIpc) is 3.37. The van der Waals surface area contributed by atoms with Gasteiger partial charge < -0.3 is 24.6 Å². The van der Waals surface area contributed by atoms with Crippen LogP contribution in [0, 0.1) is 0 Å². The Hall–Kier alpha value is -2.26. The van der Waals surface area contributed by atoms with Gasteiger partial charge >= 0.3 is 25.6 Å². The summed E-state index contributed by atoms with van der Waals surface area (Å²) in [5.74, 6) is -1.63. The van der Waals surface area contributed by atoms with Gasteiger partial charge in [-0.2, -0.15) is 0 Å². The van der Waals surface area contributed by atoms with Crippen molar-refractivity contribution < 1.29 is 37.5 Å². The third-order valence-electron chi connectivity index (χ3n) is 5.36. The first kappa shape index (κ1) is 28.0. The number of amides is 1. The molecular weight excluding hydrogens is 463 g/mol. The third kappa shape index (κ3) is 9.54. The van der Waals surface area contributed by atoms with Gasteiger partial charge in [0.1, 0.15) is 12.6 Å². The highest BCUT2D eigenvalue weighted by Crippen LogP contribution is 2.49. The normalized spacial score (nSPS) is 19.0. The molecule has 0 radical (unpaired) electrons. The Kier molecular flexibility index (Phi) is 11.7. The Labute approximate surface area is 200 Å². The number of carbonyl (C=O) groups excluding carboxylic acids is 3. The fourth-order valence-corrected chi connectivity index (χ4v) is 5.15. The van der Waals surface area contributed by atoms with E-state index in [0.717, 1.165) is 24.8 Å². The molecule has 4 atom stereocenters. The number of rotatable bonds is 13. The second-order valence-corrected chi connectivity index (χ2v) is 10.3. The number of hydrogen-bond donors (Lipinski definition) is 2. The van der Waals surface area contributed by atoms with E-state index in [4.69, 9.17) is 18.5 Å². The summed E-state index contributed by atoms with van der Waals surface area (Å²) in [6.45, 7) is 4.11. The zero-order chi connectivity index (χ0) is 25.0. The summed E-state index contributed by atoms with van der Waals surface area (Å²) >= 11 is 0. The first-order valence-electron chi connectivity index (χ1n) is 11.6. The van der Waals surface area contributed by atoms with Crippen LogP contribution in [0.4, 0.5) is 4.79 Å². The summed E-state index contributed by atoms with van der Waals surface area (Å²) in [4.78, 5) is 36.7. The molecule has 1 aliphatic rings. The zero-order valence-corrected chi connectivity index (χ0v) is 20.9. The van der Waals surface area contributed by atoms with Crippen LogP contribution in [0.25, 0.3) is 0 Å². The summed E-state index contributed by atoms with van der Waals surface area (Å²) in [5.41, 5.74) is 0.836. The molecule has 3 unspecified atom stereocenters. The lowest BCUT2D eigenvalue weighted by atomic mass is 10.1. The van der Waals surface area contributed by atoms with E-state index in [9.17, 15) is 18.9 Å². The smallest absolute Gasteiger partial charge is 0.407 e. The van der Waals surface area contributed by atoms with Crippen LogP contribution < -0.4 is 10.6 Å². The molecule has 34 heavy (non-hydrogen) atoms. The molecule has 1 heterocycles. The first-order chi connectivity index (χ1) is 16.3. The van der Waals surface area contributed by atoms with Gasteiger partial charge in [-0.25, -0.2) is 14.4 Å². The molecule has 1 amide bonds. The molecule has 1 fully saturated rings. The Bertz CT molecular complexity index is 845. The van der Waals surface area contributed by atoms with Crippen molar-refractivity contribution in [1.29, 1.82) is 0 Å². The highest BCUT2D eigenvalue weighted by atomic mass is 31.2. The van der Waals surface area contributed by atoms with Gasteiger partial charge in [0.25, 0.3) is 0 Å². The van der Waals surface area contributed by atoms with Crippen molar-refractivity contribution in [2.45, 2.75) is 70.7 Å². The number of ether oxygens (including phenoxy) is 2. The third-order valence-corrected chi connectivity index (χ3v) is 7.44. The van der Waals surface area contributed by atoms with Crippen LogP contribution in [0.1, 0.15) is 51.5 Å². The van der Waals surface area contributed by atoms with Crippen LogP contribution in [0.3, 0.4) is 0 Å². The minimum atomic E-state index is -3.81. The van der Waals surface area contributed by atoms with E-state index in [2.05, 4.69) is 10.6 Å². The molecular formula is C23H35N2O8P. The molecule has 0 spiro atoms. The summed E-state index contributed by atoms with van der Waals surface area (Å²) in [5, 5.41) is 5.66. The van der Waals surface area contributed by atoms with E-state index in [0.29, 0.717) is 19.4 Å². The molecule has 0 bridgehead atoms. The summed E-state index contributed by atoms with van der Waals surface area (Å²) < 4.78 is 33.9. The van der Waals surface area contributed by atoms with Crippen LogP contribution in [0.15, 0.2) is 30.3 Å². The molecule has 0 saturated carbocycles. The van der Waals surface area contributed by atoms with Gasteiger partial charge in [0, 0.05) is 13.2 Å². The molecule has 2 rings (SSSR count). The molecule has 1 saturated heterocycles. The second kappa shape index (κ2) is 14.2. The van der Waals surface area contributed by atoms with Crippen molar-refractivity contribution in [2.24, 2.45) is 0 Å². The lowest BCUT2D eigenvalue weighted by molar-refractivity contribution is -0.165. The van der Waals surface area contributed by atoms with E-state index < -0.39 is 43.8 Å². The number of esters is 2. The Morgan fingerprint density at radius 3 is 2.59 bits per heavy atom. The molecule has 0 aromatic heterocycles. The molecule has 190 valence electrons. The van der Waals surface area contributed by atoms with Crippen LogP contribution in [-0.4, -0.2) is 56.0 Å². The van der Waals surface area contributed by atoms with Gasteiger partial charge in [0.05, 0.1) is 6.16 Å². The number of nitrogens with one attached hydrogen (secondary N) is 2.